The smallest absolute Gasteiger partial charge is 0.341 e. The van der Waals surface area contributed by atoms with Crippen LogP contribution in [0.3, 0.4) is 0 Å². The van der Waals surface area contributed by atoms with Gasteiger partial charge < -0.3 is 10.1 Å². The van der Waals surface area contributed by atoms with Gasteiger partial charge in [-0.2, -0.15) is 0 Å². The molecular weight excluding hydrogens is 418 g/mol. The van der Waals surface area contributed by atoms with E-state index < -0.39 is 23.7 Å². The minimum atomic E-state index is -0.603. The lowest BCUT2D eigenvalue weighted by Gasteiger charge is -2.12. The molecule has 1 aliphatic heterocycles. The first-order chi connectivity index (χ1) is 15.0. The summed E-state index contributed by atoms with van der Waals surface area (Å²) in [5, 5.41) is 2.98. The van der Waals surface area contributed by atoms with E-state index in [9.17, 15) is 19.2 Å². The molecule has 1 aromatic carbocycles. The van der Waals surface area contributed by atoms with Crippen molar-refractivity contribution in [1.82, 2.24) is 9.88 Å². The van der Waals surface area contributed by atoms with Crippen molar-refractivity contribution in [2.75, 3.05) is 11.9 Å². The quantitative estimate of drug-likeness (QED) is 0.470. The Morgan fingerprint density at radius 1 is 1.10 bits per heavy atom. The summed E-state index contributed by atoms with van der Waals surface area (Å²) >= 11 is 1.11. The predicted octanol–water partition coefficient (Wildman–Crippen LogP) is 3.37. The zero-order valence-corrected chi connectivity index (χ0v) is 17.3. The van der Waals surface area contributed by atoms with Gasteiger partial charge in [0.1, 0.15) is 5.00 Å². The molecule has 4 rings (SSSR count). The van der Waals surface area contributed by atoms with Crippen LogP contribution in [0.2, 0.25) is 0 Å². The van der Waals surface area contributed by atoms with Gasteiger partial charge in [0, 0.05) is 17.3 Å². The first kappa shape index (κ1) is 20.4. The predicted molar refractivity (Wildman–Crippen MR) is 113 cm³/mol. The number of anilines is 1. The van der Waals surface area contributed by atoms with E-state index in [2.05, 4.69) is 10.3 Å². The molecule has 0 bridgehead atoms. The number of amides is 3. The first-order valence-electron chi connectivity index (χ1n) is 9.46. The first-order valence-corrected chi connectivity index (χ1v) is 10.3. The van der Waals surface area contributed by atoms with Gasteiger partial charge in [0.25, 0.3) is 17.7 Å². The van der Waals surface area contributed by atoms with Gasteiger partial charge >= 0.3 is 5.97 Å². The van der Waals surface area contributed by atoms with Gasteiger partial charge in [-0.3, -0.25) is 24.3 Å². The zero-order chi connectivity index (χ0) is 22.0. The molecule has 0 atom stereocenters. The van der Waals surface area contributed by atoms with Gasteiger partial charge in [-0.05, 0) is 37.3 Å². The molecule has 8 nitrogen and oxygen atoms in total. The third-order valence-electron chi connectivity index (χ3n) is 4.62. The SMILES string of the molecule is CCOC(=O)c1cc(CN2C(=O)c3ccccc3C2=O)sc1NC(=O)c1cccnc1. The number of fused-ring (bicyclic) bond motifs is 1. The molecule has 3 amide bonds. The van der Waals surface area contributed by atoms with Gasteiger partial charge in [0.2, 0.25) is 0 Å². The van der Waals surface area contributed by atoms with Crippen molar-refractivity contribution in [2.24, 2.45) is 0 Å². The molecule has 0 spiro atoms. The van der Waals surface area contributed by atoms with Gasteiger partial charge in [-0.1, -0.05) is 12.1 Å². The number of ether oxygens (including phenoxy) is 1. The zero-order valence-electron chi connectivity index (χ0n) is 16.5. The van der Waals surface area contributed by atoms with Crippen LogP contribution in [0.1, 0.15) is 53.2 Å². The van der Waals surface area contributed by atoms with Gasteiger partial charge in [-0.15, -0.1) is 11.3 Å². The highest BCUT2D eigenvalue weighted by molar-refractivity contribution is 7.16. The molecule has 2 aromatic heterocycles. The van der Waals surface area contributed by atoms with Crippen LogP contribution >= 0.6 is 11.3 Å². The molecule has 0 aliphatic carbocycles. The number of nitrogens with one attached hydrogen (secondary N) is 1. The molecule has 1 N–H and O–H groups in total. The standard InChI is InChI=1S/C22H17N3O5S/c1-2-30-22(29)17-10-14(31-19(17)24-18(26)13-6-5-9-23-11-13)12-25-20(27)15-7-3-4-8-16(15)21(25)28/h3-11H,2,12H2,1H3,(H,24,26). The molecule has 0 unspecified atom stereocenters. The van der Waals surface area contributed by atoms with Crippen molar-refractivity contribution in [1.29, 1.82) is 0 Å². The fraction of sp³-hybridized carbons (Fsp3) is 0.136. The van der Waals surface area contributed by atoms with Gasteiger partial charge in [0.15, 0.2) is 0 Å². The summed E-state index contributed by atoms with van der Waals surface area (Å²) in [5.41, 5.74) is 1.18. The molecule has 0 saturated carbocycles. The highest BCUT2D eigenvalue weighted by Crippen LogP contribution is 2.32. The van der Waals surface area contributed by atoms with Crippen molar-refractivity contribution in [3.8, 4) is 0 Å². The Morgan fingerprint density at radius 3 is 2.42 bits per heavy atom. The number of imide groups is 1. The lowest BCUT2D eigenvalue weighted by molar-refractivity contribution is 0.0527. The maximum atomic E-state index is 12.6. The molecule has 9 heteroatoms. The highest BCUT2D eigenvalue weighted by Gasteiger charge is 2.35. The minimum Gasteiger partial charge on any atom is -0.462 e. The Morgan fingerprint density at radius 2 is 1.81 bits per heavy atom. The average Bonchev–Trinajstić information content (AvgIpc) is 3.29. The van der Waals surface area contributed by atoms with Crippen molar-refractivity contribution < 1.29 is 23.9 Å². The number of pyridine rings is 1. The third kappa shape index (κ3) is 3.95. The summed E-state index contributed by atoms with van der Waals surface area (Å²) in [7, 11) is 0. The summed E-state index contributed by atoms with van der Waals surface area (Å²) in [4.78, 5) is 55.8. The molecule has 156 valence electrons. The van der Waals surface area contributed by atoms with E-state index in [-0.39, 0.29) is 23.7 Å². The Hall–Kier alpha value is -3.85. The molecule has 0 saturated heterocycles. The van der Waals surface area contributed by atoms with Crippen LogP contribution in [0.4, 0.5) is 5.00 Å². The Labute approximate surface area is 181 Å². The van der Waals surface area contributed by atoms with Crippen molar-refractivity contribution in [3.05, 3.63) is 82.0 Å². The largest absolute Gasteiger partial charge is 0.462 e. The number of carbonyl (C=O) groups is 4. The number of thiophene rings is 1. The average molecular weight is 435 g/mol. The third-order valence-corrected chi connectivity index (χ3v) is 5.66. The second-order valence-electron chi connectivity index (χ2n) is 6.61. The number of rotatable bonds is 6. The number of nitrogens with zero attached hydrogens (tertiary/aromatic N) is 2. The molecule has 31 heavy (non-hydrogen) atoms. The number of hydrogen-bond donors (Lipinski definition) is 1. The van der Waals surface area contributed by atoms with E-state index in [1.54, 1.807) is 49.5 Å². The van der Waals surface area contributed by atoms with Crippen molar-refractivity contribution in [2.45, 2.75) is 13.5 Å². The van der Waals surface area contributed by atoms with Gasteiger partial charge in [-0.25, -0.2) is 4.79 Å². The maximum Gasteiger partial charge on any atom is 0.341 e. The Kier molecular flexibility index (Phi) is 5.59. The molecular formula is C22H17N3O5S. The van der Waals surface area contributed by atoms with E-state index >= 15 is 0 Å². The maximum absolute atomic E-state index is 12.6. The van der Waals surface area contributed by atoms with E-state index in [0.29, 0.717) is 21.6 Å². The van der Waals surface area contributed by atoms with Crippen LogP contribution in [0.15, 0.2) is 54.9 Å². The normalized spacial score (nSPS) is 12.6. The summed E-state index contributed by atoms with van der Waals surface area (Å²) < 4.78 is 5.09. The highest BCUT2D eigenvalue weighted by atomic mass is 32.1. The van der Waals surface area contributed by atoms with Crippen LogP contribution in [0.25, 0.3) is 0 Å². The van der Waals surface area contributed by atoms with Crippen LogP contribution in [-0.2, 0) is 11.3 Å². The summed E-state index contributed by atoms with van der Waals surface area (Å²) in [6, 6.07) is 11.4. The molecule has 3 aromatic rings. The number of aromatic nitrogens is 1. The Balaban J connectivity index is 1.61. The monoisotopic (exact) mass is 435 g/mol. The van der Waals surface area contributed by atoms with E-state index in [0.717, 1.165) is 16.2 Å². The van der Waals surface area contributed by atoms with E-state index in [1.807, 2.05) is 0 Å². The molecule has 0 fully saturated rings. The van der Waals surface area contributed by atoms with Crippen LogP contribution in [0.5, 0.6) is 0 Å². The second-order valence-corrected chi connectivity index (χ2v) is 7.75. The fourth-order valence-corrected chi connectivity index (χ4v) is 4.21. The van der Waals surface area contributed by atoms with Crippen LogP contribution in [0, 0.1) is 0 Å². The van der Waals surface area contributed by atoms with E-state index in [4.69, 9.17) is 4.74 Å². The topological polar surface area (TPSA) is 106 Å². The van der Waals surface area contributed by atoms with Crippen LogP contribution in [-0.4, -0.2) is 40.2 Å². The van der Waals surface area contributed by atoms with Crippen molar-refractivity contribution in [3.63, 3.8) is 0 Å². The fourth-order valence-electron chi connectivity index (χ4n) is 3.18. The Bertz CT molecular complexity index is 1150. The molecule has 1 aliphatic rings. The summed E-state index contributed by atoms with van der Waals surface area (Å²) in [5.74, 6) is -1.83. The van der Waals surface area contributed by atoms with Crippen LogP contribution < -0.4 is 5.32 Å². The number of hydrogen-bond acceptors (Lipinski definition) is 7. The molecule has 3 heterocycles. The minimum absolute atomic E-state index is 0.0216. The second kappa shape index (κ2) is 8.49. The number of benzene rings is 1. The summed E-state index contributed by atoms with van der Waals surface area (Å²) in [6.07, 6.45) is 2.96. The van der Waals surface area contributed by atoms with E-state index in [1.165, 1.54) is 12.3 Å². The summed E-state index contributed by atoms with van der Waals surface area (Å²) in [6.45, 7) is 1.82. The molecule has 0 radical (unpaired) electrons. The van der Waals surface area contributed by atoms with Gasteiger partial charge in [0.05, 0.1) is 35.4 Å². The lowest BCUT2D eigenvalue weighted by Crippen LogP contribution is -2.28. The number of esters is 1. The lowest BCUT2D eigenvalue weighted by atomic mass is 10.1. The number of carbonyl (C=O) groups excluding carboxylic acids is 4. The van der Waals surface area contributed by atoms with Crippen molar-refractivity contribution >= 4 is 40.0 Å².